The van der Waals surface area contributed by atoms with Crippen LogP contribution in [-0.2, 0) is 0 Å². The summed E-state index contributed by atoms with van der Waals surface area (Å²) in [5.74, 6) is 0.145. The van der Waals surface area contributed by atoms with Gasteiger partial charge in [-0.2, -0.15) is 5.10 Å². The van der Waals surface area contributed by atoms with Gasteiger partial charge in [0.2, 0.25) is 0 Å². The minimum atomic E-state index is -0.332. The van der Waals surface area contributed by atoms with Gasteiger partial charge in [-0.3, -0.25) is 4.79 Å². The summed E-state index contributed by atoms with van der Waals surface area (Å²) in [4.78, 5) is 13.1. The third-order valence-electron chi connectivity index (χ3n) is 5.68. The van der Waals surface area contributed by atoms with Gasteiger partial charge in [0.05, 0.1) is 23.1 Å². The molecule has 2 N–H and O–H groups in total. The summed E-state index contributed by atoms with van der Waals surface area (Å²) in [7, 11) is 0. The summed E-state index contributed by atoms with van der Waals surface area (Å²) in [5.41, 5.74) is 4.29. The van der Waals surface area contributed by atoms with Crippen LogP contribution in [0.4, 0.5) is 10.1 Å². The van der Waals surface area contributed by atoms with E-state index in [0.29, 0.717) is 17.2 Å². The van der Waals surface area contributed by atoms with Gasteiger partial charge < -0.3 is 10.6 Å². The van der Waals surface area contributed by atoms with Crippen molar-refractivity contribution in [2.24, 2.45) is 0 Å². The van der Waals surface area contributed by atoms with Gasteiger partial charge in [-0.05, 0) is 73.8 Å². The summed E-state index contributed by atoms with van der Waals surface area (Å²) in [6.07, 6.45) is 3.55. The number of anilines is 1. The molecule has 1 aliphatic rings. The number of nitrogens with zero attached hydrogens (tertiary/aromatic N) is 2. The van der Waals surface area contributed by atoms with Gasteiger partial charge in [0.15, 0.2) is 0 Å². The maximum absolute atomic E-state index is 13.2. The van der Waals surface area contributed by atoms with Gasteiger partial charge in [0, 0.05) is 11.6 Å². The predicted octanol–water partition coefficient (Wildman–Crippen LogP) is 4.85. The zero-order valence-corrected chi connectivity index (χ0v) is 17.4. The van der Waals surface area contributed by atoms with E-state index in [1.165, 1.54) is 17.7 Å². The summed E-state index contributed by atoms with van der Waals surface area (Å²) in [6, 6.07) is 14.2. The first-order chi connectivity index (χ1) is 14.5. The van der Waals surface area contributed by atoms with Crippen molar-refractivity contribution in [3.8, 4) is 5.69 Å². The molecular weight excluding hydrogens is 379 g/mol. The Balaban J connectivity index is 1.69. The topological polar surface area (TPSA) is 59.0 Å². The van der Waals surface area contributed by atoms with Crippen LogP contribution < -0.4 is 10.6 Å². The molecule has 1 aliphatic heterocycles. The highest BCUT2D eigenvalue weighted by molar-refractivity contribution is 6.05. The molecule has 0 bridgehead atoms. The SMILES string of the molecule is CC(C)c1ccc(-n2ncc(C(=O)Nc3ccc(F)cc3)c2C2CCNCC2)cc1. The van der Waals surface area contributed by atoms with E-state index in [-0.39, 0.29) is 17.6 Å². The van der Waals surface area contributed by atoms with Gasteiger partial charge in [-0.1, -0.05) is 26.0 Å². The number of benzene rings is 2. The first-order valence-electron chi connectivity index (χ1n) is 10.5. The lowest BCUT2D eigenvalue weighted by molar-refractivity contribution is 0.102. The molecule has 5 nitrogen and oxygen atoms in total. The average Bonchev–Trinajstić information content (AvgIpc) is 3.21. The maximum atomic E-state index is 13.2. The second-order valence-corrected chi connectivity index (χ2v) is 8.09. The third-order valence-corrected chi connectivity index (χ3v) is 5.68. The molecule has 3 aromatic rings. The van der Waals surface area contributed by atoms with E-state index >= 15 is 0 Å². The molecule has 156 valence electrons. The van der Waals surface area contributed by atoms with E-state index in [1.54, 1.807) is 18.3 Å². The van der Waals surface area contributed by atoms with Crippen molar-refractivity contribution < 1.29 is 9.18 Å². The number of carbonyl (C=O) groups excluding carboxylic acids is 1. The minimum Gasteiger partial charge on any atom is -0.322 e. The molecule has 4 rings (SSSR count). The Bertz CT molecular complexity index is 1000. The Hall–Kier alpha value is -2.99. The van der Waals surface area contributed by atoms with Gasteiger partial charge in [0.25, 0.3) is 5.91 Å². The lowest BCUT2D eigenvalue weighted by atomic mass is 9.91. The first kappa shape index (κ1) is 20.3. The van der Waals surface area contributed by atoms with Crippen LogP contribution in [0, 0.1) is 5.82 Å². The zero-order chi connectivity index (χ0) is 21.1. The summed E-state index contributed by atoms with van der Waals surface area (Å²) >= 11 is 0. The number of nitrogens with one attached hydrogen (secondary N) is 2. The average molecular weight is 407 g/mol. The van der Waals surface area contributed by atoms with Gasteiger partial charge in [-0.25, -0.2) is 9.07 Å². The van der Waals surface area contributed by atoms with Crippen LogP contribution in [-0.4, -0.2) is 28.8 Å². The monoisotopic (exact) mass is 406 g/mol. The van der Waals surface area contributed by atoms with E-state index in [0.717, 1.165) is 37.3 Å². The molecular formula is C24H27FN4O. The van der Waals surface area contributed by atoms with Crippen molar-refractivity contribution in [2.75, 3.05) is 18.4 Å². The minimum absolute atomic E-state index is 0.222. The first-order valence-corrected chi connectivity index (χ1v) is 10.5. The number of aromatic nitrogens is 2. The van der Waals surface area contributed by atoms with Crippen molar-refractivity contribution in [3.05, 3.63) is 77.4 Å². The highest BCUT2D eigenvalue weighted by Gasteiger charge is 2.27. The molecule has 0 unspecified atom stereocenters. The van der Waals surface area contributed by atoms with Crippen LogP contribution in [0.1, 0.15) is 60.1 Å². The van der Waals surface area contributed by atoms with Crippen molar-refractivity contribution >= 4 is 11.6 Å². The number of hydrogen-bond donors (Lipinski definition) is 2. The molecule has 1 fully saturated rings. The molecule has 2 heterocycles. The quantitative estimate of drug-likeness (QED) is 0.637. The summed E-state index contributed by atoms with van der Waals surface area (Å²) in [6.45, 7) is 6.17. The van der Waals surface area contributed by atoms with Crippen LogP contribution in [0.5, 0.6) is 0 Å². The molecule has 0 saturated carbocycles. The van der Waals surface area contributed by atoms with Crippen molar-refractivity contribution in [1.29, 1.82) is 0 Å². The fraction of sp³-hybridized carbons (Fsp3) is 0.333. The highest BCUT2D eigenvalue weighted by atomic mass is 19.1. The molecule has 6 heteroatoms. The van der Waals surface area contributed by atoms with Crippen molar-refractivity contribution in [3.63, 3.8) is 0 Å². The summed E-state index contributed by atoms with van der Waals surface area (Å²) in [5, 5.41) is 10.9. The third kappa shape index (κ3) is 4.28. The summed E-state index contributed by atoms with van der Waals surface area (Å²) < 4.78 is 15.1. The van der Waals surface area contributed by atoms with Crippen molar-refractivity contribution in [2.45, 2.75) is 38.5 Å². The number of carbonyl (C=O) groups is 1. The Labute approximate surface area is 176 Å². The molecule has 0 aliphatic carbocycles. The van der Waals surface area contributed by atoms with E-state index in [2.05, 4.69) is 53.8 Å². The van der Waals surface area contributed by atoms with Crippen LogP contribution in [0.3, 0.4) is 0 Å². The molecule has 2 aromatic carbocycles. The van der Waals surface area contributed by atoms with Gasteiger partial charge >= 0.3 is 0 Å². The smallest absolute Gasteiger partial charge is 0.259 e. The maximum Gasteiger partial charge on any atom is 0.259 e. The Morgan fingerprint density at radius 3 is 2.40 bits per heavy atom. The van der Waals surface area contributed by atoms with E-state index in [9.17, 15) is 9.18 Å². The zero-order valence-electron chi connectivity index (χ0n) is 17.4. The van der Waals surface area contributed by atoms with Crippen LogP contribution in [0.2, 0.25) is 0 Å². The standard InChI is InChI=1S/C24H27FN4O/c1-16(2)17-3-9-21(10-4-17)29-23(18-11-13-26-14-12-18)22(15-27-29)24(30)28-20-7-5-19(25)6-8-20/h3-10,15-16,18,26H,11-14H2,1-2H3,(H,28,30). The molecule has 1 saturated heterocycles. The molecule has 0 atom stereocenters. The molecule has 1 amide bonds. The van der Waals surface area contributed by atoms with E-state index < -0.39 is 0 Å². The number of halogens is 1. The lowest BCUT2D eigenvalue weighted by Gasteiger charge is -2.25. The molecule has 1 aromatic heterocycles. The molecule has 0 radical (unpaired) electrons. The predicted molar refractivity (Wildman–Crippen MR) is 117 cm³/mol. The molecule has 0 spiro atoms. The van der Waals surface area contributed by atoms with Gasteiger partial charge in [-0.15, -0.1) is 0 Å². The largest absolute Gasteiger partial charge is 0.322 e. The lowest BCUT2D eigenvalue weighted by Crippen LogP contribution is -2.29. The Morgan fingerprint density at radius 2 is 1.77 bits per heavy atom. The number of piperidine rings is 1. The molecule has 30 heavy (non-hydrogen) atoms. The van der Waals surface area contributed by atoms with Crippen LogP contribution in [0.15, 0.2) is 54.7 Å². The Morgan fingerprint density at radius 1 is 1.10 bits per heavy atom. The second kappa shape index (κ2) is 8.79. The number of hydrogen-bond acceptors (Lipinski definition) is 3. The van der Waals surface area contributed by atoms with Crippen LogP contribution in [0.25, 0.3) is 5.69 Å². The van der Waals surface area contributed by atoms with E-state index in [4.69, 9.17) is 0 Å². The normalized spacial score (nSPS) is 14.8. The fourth-order valence-corrected chi connectivity index (χ4v) is 3.96. The van der Waals surface area contributed by atoms with Crippen LogP contribution >= 0.6 is 0 Å². The number of rotatable bonds is 5. The highest BCUT2D eigenvalue weighted by Crippen LogP contribution is 2.31. The second-order valence-electron chi connectivity index (χ2n) is 8.09. The Kier molecular flexibility index (Phi) is 5.95. The number of amides is 1. The van der Waals surface area contributed by atoms with Crippen molar-refractivity contribution in [1.82, 2.24) is 15.1 Å². The fourth-order valence-electron chi connectivity index (χ4n) is 3.96. The van der Waals surface area contributed by atoms with Gasteiger partial charge in [0.1, 0.15) is 5.82 Å². The van der Waals surface area contributed by atoms with E-state index in [1.807, 2.05) is 4.68 Å².